The third kappa shape index (κ3) is 4.41. The zero-order chi connectivity index (χ0) is 19.8. The van der Waals surface area contributed by atoms with Gasteiger partial charge in [0.1, 0.15) is 0 Å². The Bertz CT molecular complexity index is 704. The first kappa shape index (κ1) is 20.0. The molecule has 5 aliphatic carbocycles. The molecule has 6 rings (SSSR count). The Balaban J connectivity index is 1.16. The van der Waals surface area contributed by atoms with E-state index in [1.54, 1.807) is 0 Å². The first-order valence-electron chi connectivity index (χ1n) is 12.4. The average Bonchev–Trinajstić information content (AvgIpc) is 2.69. The van der Waals surface area contributed by atoms with Gasteiger partial charge in [-0.05, 0) is 91.2 Å². The number of benzene rings is 1. The molecule has 0 atom stereocenters. The number of nitrogens with one attached hydrogen (secondary N) is 1. The lowest BCUT2D eigenvalue weighted by atomic mass is 9.51. The first-order chi connectivity index (χ1) is 14.2. The van der Waals surface area contributed by atoms with Crippen molar-refractivity contribution in [3.8, 4) is 0 Å². The van der Waals surface area contributed by atoms with E-state index in [9.17, 15) is 0 Å². The molecule has 0 radical (unpaired) electrons. The molecular formula is C27H38ClN. The van der Waals surface area contributed by atoms with Crippen LogP contribution in [-0.4, -0.2) is 6.54 Å². The summed E-state index contributed by atoms with van der Waals surface area (Å²) in [6.07, 6.45) is 16.7. The Kier molecular flexibility index (Phi) is 5.96. The topological polar surface area (TPSA) is 12.0 Å². The average molecular weight is 412 g/mol. The number of allylic oxidation sites excluding steroid dienone is 1. The number of rotatable bonds is 7. The van der Waals surface area contributed by atoms with Crippen LogP contribution < -0.4 is 5.32 Å². The second-order valence-electron chi connectivity index (χ2n) is 10.8. The Morgan fingerprint density at radius 3 is 2.31 bits per heavy atom. The summed E-state index contributed by atoms with van der Waals surface area (Å²) < 4.78 is 0. The summed E-state index contributed by atoms with van der Waals surface area (Å²) in [5, 5.41) is 4.59. The van der Waals surface area contributed by atoms with Gasteiger partial charge in [0, 0.05) is 23.7 Å². The molecular weight excluding hydrogens is 374 g/mol. The summed E-state index contributed by atoms with van der Waals surface area (Å²) >= 11 is 6.86. The highest BCUT2D eigenvalue weighted by Gasteiger charge is 2.48. The van der Waals surface area contributed by atoms with E-state index >= 15 is 0 Å². The standard InChI is InChI=1S/C27H38ClN/c1-18(29-10-9-19-5-3-2-4-6-19)11-20-7-8-25(26(28)17-20)27-23-13-21-12-22(15-23)16-24(27)14-21/h7-8,17,19,21-24,27,29H,1-6,9-16H2. The molecule has 2 heteroatoms. The minimum Gasteiger partial charge on any atom is -0.389 e. The maximum absolute atomic E-state index is 6.86. The monoisotopic (exact) mass is 411 g/mol. The van der Waals surface area contributed by atoms with E-state index < -0.39 is 0 Å². The maximum Gasteiger partial charge on any atom is 0.0443 e. The van der Waals surface area contributed by atoms with Crippen LogP contribution in [0.1, 0.15) is 87.7 Å². The fourth-order valence-corrected chi connectivity index (χ4v) is 7.95. The van der Waals surface area contributed by atoms with Gasteiger partial charge in [0.25, 0.3) is 0 Å². The molecule has 0 heterocycles. The van der Waals surface area contributed by atoms with E-state index in [1.807, 2.05) is 0 Å². The zero-order valence-electron chi connectivity index (χ0n) is 18.0. The number of halogens is 1. The molecule has 5 aliphatic rings. The summed E-state index contributed by atoms with van der Waals surface area (Å²) in [5.74, 6) is 5.49. The minimum atomic E-state index is 0.723. The largest absolute Gasteiger partial charge is 0.389 e. The van der Waals surface area contributed by atoms with Crippen molar-refractivity contribution in [1.29, 1.82) is 0 Å². The highest BCUT2D eigenvalue weighted by molar-refractivity contribution is 6.31. The van der Waals surface area contributed by atoms with E-state index in [2.05, 4.69) is 30.1 Å². The van der Waals surface area contributed by atoms with Crippen LogP contribution in [-0.2, 0) is 6.42 Å². The van der Waals surface area contributed by atoms with Crippen LogP contribution in [0, 0.1) is 29.6 Å². The van der Waals surface area contributed by atoms with E-state index in [1.165, 1.54) is 81.8 Å². The van der Waals surface area contributed by atoms with E-state index in [-0.39, 0.29) is 0 Å². The van der Waals surface area contributed by atoms with Gasteiger partial charge < -0.3 is 5.32 Å². The van der Waals surface area contributed by atoms with Crippen molar-refractivity contribution in [1.82, 2.24) is 5.32 Å². The lowest BCUT2D eigenvalue weighted by molar-refractivity contribution is -0.00275. The van der Waals surface area contributed by atoms with Gasteiger partial charge in [0.2, 0.25) is 0 Å². The van der Waals surface area contributed by atoms with Crippen LogP contribution in [0.15, 0.2) is 30.5 Å². The lowest BCUT2D eigenvalue weighted by Gasteiger charge is -2.54. The maximum atomic E-state index is 6.86. The normalized spacial score (nSPS) is 33.8. The molecule has 0 saturated heterocycles. The van der Waals surface area contributed by atoms with Crippen LogP contribution in [0.2, 0.25) is 5.02 Å². The second kappa shape index (κ2) is 8.66. The van der Waals surface area contributed by atoms with Crippen LogP contribution in [0.25, 0.3) is 0 Å². The van der Waals surface area contributed by atoms with Gasteiger partial charge in [0.15, 0.2) is 0 Å². The third-order valence-corrected chi connectivity index (χ3v) is 9.05. The van der Waals surface area contributed by atoms with Crippen molar-refractivity contribution >= 4 is 11.6 Å². The highest BCUT2D eigenvalue weighted by atomic mass is 35.5. The van der Waals surface area contributed by atoms with Gasteiger partial charge in [0.05, 0.1) is 0 Å². The molecule has 5 saturated carbocycles. The van der Waals surface area contributed by atoms with Crippen molar-refractivity contribution in [3.63, 3.8) is 0 Å². The summed E-state index contributed by atoms with van der Waals surface area (Å²) in [6.45, 7) is 5.35. The predicted molar refractivity (Wildman–Crippen MR) is 123 cm³/mol. The van der Waals surface area contributed by atoms with Crippen molar-refractivity contribution in [3.05, 3.63) is 46.6 Å². The smallest absolute Gasteiger partial charge is 0.0443 e. The summed E-state index contributed by atoms with van der Waals surface area (Å²) in [4.78, 5) is 0. The Morgan fingerprint density at radius 1 is 0.966 bits per heavy atom. The molecule has 1 aromatic rings. The molecule has 1 N–H and O–H groups in total. The summed E-state index contributed by atoms with van der Waals surface area (Å²) in [5.41, 5.74) is 3.89. The molecule has 0 aromatic heterocycles. The van der Waals surface area contributed by atoms with Crippen molar-refractivity contribution in [2.24, 2.45) is 29.6 Å². The number of hydrogen-bond donors (Lipinski definition) is 1. The second-order valence-corrected chi connectivity index (χ2v) is 11.2. The molecule has 0 spiro atoms. The van der Waals surface area contributed by atoms with Crippen molar-refractivity contribution in [2.45, 2.75) is 83.0 Å². The van der Waals surface area contributed by atoms with Crippen molar-refractivity contribution in [2.75, 3.05) is 6.54 Å². The molecule has 4 bridgehead atoms. The fourth-order valence-electron chi connectivity index (χ4n) is 7.62. The highest BCUT2D eigenvalue weighted by Crippen LogP contribution is 2.60. The van der Waals surface area contributed by atoms with Crippen LogP contribution in [0.4, 0.5) is 0 Å². The molecule has 0 unspecified atom stereocenters. The quantitative estimate of drug-likeness (QED) is 0.489. The van der Waals surface area contributed by atoms with E-state index in [0.29, 0.717) is 0 Å². The van der Waals surface area contributed by atoms with Gasteiger partial charge in [-0.25, -0.2) is 0 Å². The molecule has 0 aliphatic heterocycles. The van der Waals surface area contributed by atoms with Crippen LogP contribution in [0.5, 0.6) is 0 Å². The molecule has 0 amide bonds. The number of hydrogen-bond acceptors (Lipinski definition) is 1. The summed E-state index contributed by atoms with van der Waals surface area (Å²) in [7, 11) is 0. The van der Waals surface area contributed by atoms with Gasteiger partial charge in [-0.2, -0.15) is 0 Å². The molecule has 1 nitrogen and oxygen atoms in total. The molecule has 5 fully saturated rings. The Hall–Kier alpha value is -0.950. The predicted octanol–water partition coefficient (Wildman–Crippen LogP) is 7.50. The van der Waals surface area contributed by atoms with Gasteiger partial charge in [-0.3, -0.25) is 0 Å². The van der Waals surface area contributed by atoms with Crippen LogP contribution >= 0.6 is 11.6 Å². The first-order valence-corrected chi connectivity index (χ1v) is 12.7. The minimum absolute atomic E-state index is 0.723. The Labute approximate surface area is 182 Å². The third-order valence-electron chi connectivity index (χ3n) is 8.72. The summed E-state index contributed by atoms with van der Waals surface area (Å²) in [6, 6.07) is 6.91. The van der Waals surface area contributed by atoms with Gasteiger partial charge >= 0.3 is 0 Å². The molecule has 1 aromatic carbocycles. The fraction of sp³-hybridized carbons (Fsp3) is 0.704. The molecule has 158 valence electrons. The van der Waals surface area contributed by atoms with Gasteiger partial charge in [-0.1, -0.05) is 62.4 Å². The van der Waals surface area contributed by atoms with Crippen molar-refractivity contribution < 1.29 is 0 Å². The van der Waals surface area contributed by atoms with E-state index in [4.69, 9.17) is 11.6 Å². The van der Waals surface area contributed by atoms with Gasteiger partial charge in [-0.15, -0.1) is 0 Å². The Morgan fingerprint density at radius 2 is 1.66 bits per heavy atom. The lowest BCUT2D eigenvalue weighted by Crippen LogP contribution is -2.43. The van der Waals surface area contributed by atoms with E-state index in [0.717, 1.165) is 59.2 Å². The molecule has 29 heavy (non-hydrogen) atoms. The van der Waals surface area contributed by atoms with Crippen LogP contribution in [0.3, 0.4) is 0 Å². The zero-order valence-corrected chi connectivity index (χ0v) is 18.7. The SMILES string of the molecule is C=C(Cc1ccc(C2C3CC4CC(C3)CC2C4)c(Cl)c1)NCCC1CCCCC1.